The third-order valence-corrected chi connectivity index (χ3v) is 4.42. The van der Waals surface area contributed by atoms with Gasteiger partial charge in [-0.3, -0.25) is 4.79 Å². The molecule has 0 saturated heterocycles. The van der Waals surface area contributed by atoms with E-state index in [2.05, 4.69) is 10.3 Å². The Morgan fingerprint density at radius 2 is 2.20 bits per heavy atom. The summed E-state index contributed by atoms with van der Waals surface area (Å²) in [5.74, 6) is 0.00226. The number of benzene rings is 1. The molecule has 0 bridgehead atoms. The molecule has 0 aliphatic rings. The van der Waals surface area contributed by atoms with Crippen LogP contribution in [0, 0.1) is 6.92 Å². The molecule has 20 heavy (non-hydrogen) atoms. The van der Waals surface area contributed by atoms with E-state index in [1.54, 1.807) is 17.6 Å². The quantitative estimate of drug-likeness (QED) is 0.910. The number of thiazole rings is 1. The second-order valence-electron chi connectivity index (χ2n) is 4.37. The Balaban J connectivity index is 1.81. The number of rotatable bonds is 5. The zero-order valence-corrected chi connectivity index (χ0v) is 13.3. The molecule has 106 valence electrons. The first-order chi connectivity index (χ1) is 9.56. The van der Waals surface area contributed by atoms with E-state index in [1.165, 1.54) is 11.3 Å². The summed E-state index contributed by atoms with van der Waals surface area (Å²) in [6.07, 6.45) is 1.06. The van der Waals surface area contributed by atoms with Gasteiger partial charge in [0.05, 0.1) is 17.6 Å². The number of aromatic nitrogens is 1. The number of carbonyl (C=O) groups excluding carboxylic acids is 1. The summed E-state index contributed by atoms with van der Waals surface area (Å²) in [4.78, 5) is 16.9. The van der Waals surface area contributed by atoms with Gasteiger partial charge in [-0.25, -0.2) is 4.98 Å². The van der Waals surface area contributed by atoms with Gasteiger partial charge in [-0.15, -0.1) is 11.3 Å². The molecule has 3 nitrogen and oxygen atoms in total. The van der Waals surface area contributed by atoms with Crippen molar-refractivity contribution in [3.63, 3.8) is 0 Å². The molecule has 0 spiro atoms. The molecule has 1 aromatic carbocycles. The number of amides is 1. The van der Waals surface area contributed by atoms with E-state index in [9.17, 15) is 4.79 Å². The Kier molecular flexibility index (Phi) is 5.40. The van der Waals surface area contributed by atoms with Crippen LogP contribution in [0.25, 0.3) is 0 Å². The molecule has 6 heteroatoms. The van der Waals surface area contributed by atoms with E-state index in [0.717, 1.165) is 16.1 Å². The second-order valence-corrected chi connectivity index (χ2v) is 6.16. The largest absolute Gasteiger partial charge is 0.355 e. The van der Waals surface area contributed by atoms with E-state index in [0.29, 0.717) is 29.4 Å². The summed E-state index contributed by atoms with van der Waals surface area (Å²) in [6, 6.07) is 5.39. The molecular weight excluding hydrogens is 315 g/mol. The van der Waals surface area contributed by atoms with Crippen molar-refractivity contribution in [1.29, 1.82) is 0 Å². The third-order valence-electron chi connectivity index (χ3n) is 2.90. The number of halogens is 2. The number of carbonyl (C=O) groups is 1. The fraction of sp³-hybridized carbons (Fsp3) is 0.286. The Morgan fingerprint density at radius 3 is 2.85 bits per heavy atom. The van der Waals surface area contributed by atoms with Crippen LogP contribution in [0.5, 0.6) is 0 Å². The number of nitrogens with zero attached hydrogens (tertiary/aromatic N) is 1. The first-order valence-corrected chi connectivity index (χ1v) is 7.79. The normalized spacial score (nSPS) is 10.6. The number of hydrogen-bond acceptors (Lipinski definition) is 3. The predicted molar refractivity (Wildman–Crippen MR) is 83.7 cm³/mol. The molecule has 0 atom stereocenters. The predicted octanol–water partition coefficient (Wildman–Crippen LogP) is 3.66. The minimum atomic E-state index is 0.00226. The van der Waals surface area contributed by atoms with Gasteiger partial charge in [0.25, 0.3) is 0 Å². The van der Waals surface area contributed by atoms with Gasteiger partial charge < -0.3 is 5.32 Å². The van der Waals surface area contributed by atoms with E-state index in [-0.39, 0.29) is 5.91 Å². The lowest BCUT2D eigenvalue weighted by atomic mass is 10.1. The van der Waals surface area contributed by atoms with E-state index >= 15 is 0 Å². The lowest BCUT2D eigenvalue weighted by Crippen LogP contribution is -2.27. The fourth-order valence-electron chi connectivity index (χ4n) is 1.77. The maximum atomic E-state index is 11.8. The summed E-state index contributed by atoms with van der Waals surface area (Å²) in [6.45, 7) is 2.46. The average Bonchev–Trinajstić information content (AvgIpc) is 2.78. The molecule has 1 heterocycles. The van der Waals surface area contributed by atoms with Crippen LogP contribution in [-0.2, 0) is 17.6 Å². The molecular formula is C14H14Cl2N2OS. The van der Waals surface area contributed by atoms with Crippen LogP contribution >= 0.6 is 34.5 Å². The highest BCUT2D eigenvalue weighted by Gasteiger charge is 2.08. The van der Waals surface area contributed by atoms with Gasteiger partial charge in [0.1, 0.15) is 0 Å². The van der Waals surface area contributed by atoms with Crippen LogP contribution in [0.15, 0.2) is 23.7 Å². The van der Waals surface area contributed by atoms with Crippen molar-refractivity contribution < 1.29 is 4.79 Å². The topological polar surface area (TPSA) is 42.0 Å². The summed E-state index contributed by atoms with van der Waals surface area (Å²) >= 11 is 13.4. The zero-order chi connectivity index (χ0) is 14.5. The van der Waals surface area contributed by atoms with E-state index in [4.69, 9.17) is 23.2 Å². The Labute approximate surface area is 131 Å². The van der Waals surface area contributed by atoms with Crippen molar-refractivity contribution in [1.82, 2.24) is 10.3 Å². The molecule has 0 fully saturated rings. The van der Waals surface area contributed by atoms with Crippen molar-refractivity contribution in [2.45, 2.75) is 19.8 Å². The summed E-state index contributed by atoms with van der Waals surface area (Å²) in [5.41, 5.74) is 3.65. The van der Waals surface area contributed by atoms with Crippen LogP contribution in [0.4, 0.5) is 0 Å². The van der Waals surface area contributed by atoms with Crippen molar-refractivity contribution in [3.8, 4) is 0 Å². The Bertz CT molecular complexity index is 613. The van der Waals surface area contributed by atoms with Crippen LogP contribution in [0.3, 0.4) is 0 Å². The van der Waals surface area contributed by atoms with Crippen LogP contribution in [0.2, 0.25) is 10.0 Å². The van der Waals surface area contributed by atoms with Gasteiger partial charge in [0.2, 0.25) is 5.91 Å². The standard InChI is InChI=1S/C14H14Cl2N2OS/c1-9-13(20-8-18-9)7-14(19)17-5-4-10-2-3-11(15)6-12(10)16/h2-3,6,8H,4-5,7H2,1H3,(H,17,19). The summed E-state index contributed by atoms with van der Waals surface area (Å²) in [5, 5.41) is 4.13. The molecule has 1 aromatic heterocycles. The minimum Gasteiger partial charge on any atom is -0.355 e. The van der Waals surface area contributed by atoms with E-state index in [1.807, 2.05) is 13.0 Å². The molecule has 1 N–H and O–H groups in total. The number of aryl methyl sites for hydroxylation is 1. The van der Waals surface area contributed by atoms with Crippen molar-refractivity contribution in [2.75, 3.05) is 6.54 Å². The van der Waals surface area contributed by atoms with Gasteiger partial charge in [-0.05, 0) is 31.0 Å². The maximum absolute atomic E-state index is 11.8. The van der Waals surface area contributed by atoms with Gasteiger partial charge in [0, 0.05) is 21.5 Å². The van der Waals surface area contributed by atoms with E-state index < -0.39 is 0 Å². The molecule has 2 rings (SSSR count). The highest BCUT2D eigenvalue weighted by atomic mass is 35.5. The third kappa shape index (κ3) is 4.20. The van der Waals surface area contributed by atoms with Gasteiger partial charge >= 0.3 is 0 Å². The molecule has 2 aromatic rings. The molecule has 0 aliphatic carbocycles. The highest BCUT2D eigenvalue weighted by Crippen LogP contribution is 2.21. The molecule has 0 saturated carbocycles. The van der Waals surface area contributed by atoms with Gasteiger partial charge in [-0.1, -0.05) is 29.3 Å². The second kappa shape index (κ2) is 7.07. The zero-order valence-electron chi connectivity index (χ0n) is 11.0. The highest BCUT2D eigenvalue weighted by molar-refractivity contribution is 7.09. The Morgan fingerprint density at radius 1 is 1.40 bits per heavy atom. The smallest absolute Gasteiger partial charge is 0.225 e. The summed E-state index contributed by atoms with van der Waals surface area (Å²) in [7, 11) is 0. The van der Waals surface area contributed by atoms with Crippen LogP contribution in [-0.4, -0.2) is 17.4 Å². The van der Waals surface area contributed by atoms with Gasteiger partial charge in [0.15, 0.2) is 0 Å². The minimum absolute atomic E-state index is 0.00226. The molecule has 0 radical (unpaired) electrons. The lowest BCUT2D eigenvalue weighted by molar-refractivity contribution is -0.120. The number of hydrogen-bond donors (Lipinski definition) is 1. The SMILES string of the molecule is Cc1ncsc1CC(=O)NCCc1ccc(Cl)cc1Cl. The Hall–Kier alpha value is -1.10. The first-order valence-electron chi connectivity index (χ1n) is 6.16. The maximum Gasteiger partial charge on any atom is 0.225 e. The van der Waals surface area contributed by atoms with Crippen LogP contribution < -0.4 is 5.32 Å². The fourth-order valence-corrected chi connectivity index (χ4v) is 3.04. The van der Waals surface area contributed by atoms with Crippen LogP contribution in [0.1, 0.15) is 16.1 Å². The molecule has 0 unspecified atom stereocenters. The number of nitrogens with one attached hydrogen (secondary N) is 1. The lowest BCUT2D eigenvalue weighted by Gasteiger charge is -2.07. The van der Waals surface area contributed by atoms with Crippen molar-refractivity contribution in [2.24, 2.45) is 0 Å². The molecule has 1 amide bonds. The van der Waals surface area contributed by atoms with Crippen molar-refractivity contribution in [3.05, 3.63) is 49.9 Å². The van der Waals surface area contributed by atoms with Crippen molar-refractivity contribution >= 4 is 40.4 Å². The molecule has 0 aliphatic heterocycles. The summed E-state index contributed by atoms with van der Waals surface area (Å²) < 4.78 is 0. The average molecular weight is 329 g/mol. The van der Waals surface area contributed by atoms with Gasteiger partial charge in [-0.2, -0.15) is 0 Å². The first kappa shape index (κ1) is 15.3. The monoisotopic (exact) mass is 328 g/mol.